The Balaban J connectivity index is 1.77. The van der Waals surface area contributed by atoms with E-state index in [1.54, 1.807) is 37.5 Å². The van der Waals surface area contributed by atoms with Crippen LogP contribution >= 0.6 is 0 Å². The number of rotatable bonds is 5. The number of nitrogens with zero attached hydrogens (tertiary/aromatic N) is 3. The SMILES string of the molecule is CNC(=O)c1ccccc1NC(=O)c1cc(C2CC2)nc2c1cnn2C(C)C. The Morgan fingerprint density at radius 2 is 1.89 bits per heavy atom. The molecule has 0 spiro atoms. The molecule has 7 heteroatoms. The maximum Gasteiger partial charge on any atom is 0.256 e. The minimum Gasteiger partial charge on any atom is -0.355 e. The lowest BCUT2D eigenvalue weighted by atomic mass is 10.1. The van der Waals surface area contributed by atoms with Crippen molar-refractivity contribution in [3.05, 3.63) is 53.3 Å². The molecule has 2 aromatic heterocycles. The summed E-state index contributed by atoms with van der Waals surface area (Å²) in [6, 6.07) is 8.97. The van der Waals surface area contributed by atoms with Crippen molar-refractivity contribution in [3.63, 3.8) is 0 Å². The van der Waals surface area contributed by atoms with E-state index in [1.807, 2.05) is 24.6 Å². The fourth-order valence-electron chi connectivity index (χ4n) is 3.31. The average molecular weight is 377 g/mol. The Labute approximate surface area is 163 Å². The molecule has 2 heterocycles. The van der Waals surface area contributed by atoms with Crippen LogP contribution in [0.25, 0.3) is 11.0 Å². The molecule has 2 amide bonds. The molecule has 0 unspecified atom stereocenters. The van der Waals surface area contributed by atoms with Gasteiger partial charge in [-0.3, -0.25) is 9.59 Å². The van der Waals surface area contributed by atoms with Crippen LogP contribution < -0.4 is 10.6 Å². The van der Waals surface area contributed by atoms with Gasteiger partial charge in [0.25, 0.3) is 11.8 Å². The van der Waals surface area contributed by atoms with Crippen LogP contribution in [-0.2, 0) is 0 Å². The third-order valence-corrected chi connectivity index (χ3v) is 4.96. The van der Waals surface area contributed by atoms with Gasteiger partial charge in [0, 0.05) is 24.7 Å². The van der Waals surface area contributed by atoms with Gasteiger partial charge in [-0.25, -0.2) is 9.67 Å². The first kappa shape index (κ1) is 18.2. The Morgan fingerprint density at radius 3 is 2.57 bits per heavy atom. The third-order valence-electron chi connectivity index (χ3n) is 4.96. The molecule has 0 saturated heterocycles. The van der Waals surface area contributed by atoms with Gasteiger partial charge in [-0.15, -0.1) is 0 Å². The van der Waals surface area contributed by atoms with Crippen molar-refractivity contribution >= 4 is 28.5 Å². The molecule has 1 fully saturated rings. The minimum atomic E-state index is -0.269. The van der Waals surface area contributed by atoms with Crippen LogP contribution in [-0.4, -0.2) is 33.6 Å². The summed E-state index contributed by atoms with van der Waals surface area (Å²) in [6.07, 6.45) is 3.88. The van der Waals surface area contributed by atoms with E-state index < -0.39 is 0 Å². The lowest BCUT2D eigenvalue weighted by molar-refractivity contribution is 0.0964. The number of anilines is 1. The van der Waals surface area contributed by atoms with Crippen molar-refractivity contribution in [3.8, 4) is 0 Å². The summed E-state index contributed by atoms with van der Waals surface area (Å²) in [5, 5.41) is 10.6. The molecule has 144 valence electrons. The Bertz CT molecular complexity index is 1070. The first-order chi connectivity index (χ1) is 13.5. The van der Waals surface area contributed by atoms with E-state index in [0.717, 1.165) is 24.2 Å². The molecule has 3 aromatic rings. The van der Waals surface area contributed by atoms with Gasteiger partial charge >= 0.3 is 0 Å². The molecule has 0 atom stereocenters. The van der Waals surface area contributed by atoms with Gasteiger partial charge in [-0.05, 0) is 44.9 Å². The molecule has 1 aliphatic rings. The van der Waals surface area contributed by atoms with E-state index in [0.29, 0.717) is 28.1 Å². The second kappa shape index (κ2) is 7.07. The van der Waals surface area contributed by atoms with Crippen molar-refractivity contribution in [1.29, 1.82) is 0 Å². The smallest absolute Gasteiger partial charge is 0.256 e. The summed E-state index contributed by atoms with van der Waals surface area (Å²) in [6.45, 7) is 4.08. The summed E-state index contributed by atoms with van der Waals surface area (Å²) in [7, 11) is 1.57. The minimum absolute atomic E-state index is 0.143. The van der Waals surface area contributed by atoms with E-state index in [-0.39, 0.29) is 17.9 Å². The quantitative estimate of drug-likeness (QED) is 0.712. The van der Waals surface area contributed by atoms with E-state index in [1.165, 1.54) is 0 Å². The van der Waals surface area contributed by atoms with E-state index in [4.69, 9.17) is 4.98 Å². The van der Waals surface area contributed by atoms with Gasteiger partial charge in [0.05, 0.1) is 28.4 Å². The lowest BCUT2D eigenvalue weighted by Crippen LogP contribution is -2.21. The molecule has 0 aliphatic heterocycles. The largest absolute Gasteiger partial charge is 0.355 e. The fraction of sp³-hybridized carbons (Fsp3) is 0.333. The van der Waals surface area contributed by atoms with Crippen LogP contribution in [0.2, 0.25) is 0 Å². The maximum atomic E-state index is 13.2. The Kier molecular flexibility index (Phi) is 4.58. The van der Waals surface area contributed by atoms with Gasteiger partial charge < -0.3 is 10.6 Å². The highest BCUT2D eigenvalue weighted by Crippen LogP contribution is 2.40. The Hall–Kier alpha value is -3.22. The maximum absolute atomic E-state index is 13.2. The number of pyridine rings is 1. The standard InChI is InChI=1S/C21H23N5O2/c1-12(2)26-19-16(11-23-26)15(10-18(24-19)13-8-9-13)21(28)25-17-7-5-4-6-14(17)20(27)22-3/h4-7,10-13H,8-9H2,1-3H3,(H,22,27)(H,25,28). The lowest BCUT2D eigenvalue weighted by Gasteiger charge is -2.12. The summed E-state index contributed by atoms with van der Waals surface area (Å²) in [4.78, 5) is 30.1. The molecule has 0 radical (unpaired) electrons. The van der Waals surface area contributed by atoms with Gasteiger partial charge in [0.2, 0.25) is 0 Å². The summed E-state index contributed by atoms with van der Waals surface area (Å²) >= 11 is 0. The highest BCUT2D eigenvalue weighted by molar-refractivity contribution is 6.14. The van der Waals surface area contributed by atoms with Crippen LogP contribution in [0.3, 0.4) is 0 Å². The number of carbonyl (C=O) groups is 2. The summed E-state index contributed by atoms with van der Waals surface area (Å²) in [5.74, 6) is -0.111. The molecule has 1 saturated carbocycles. The predicted molar refractivity (Wildman–Crippen MR) is 108 cm³/mol. The van der Waals surface area contributed by atoms with Crippen molar-refractivity contribution in [1.82, 2.24) is 20.1 Å². The van der Waals surface area contributed by atoms with Crippen molar-refractivity contribution in [2.45, 2.75) is 38.6 Å². The molecule has 28 heavy (non-hydrogen) atoms. The van der Waals surface area contributed by atoms with Crippen molar-refractivity contribution in [2.24, 2.45) is 0 Å². The average Bonchev–Trinajstić information content (AvgIpc) is 3.45. The van der Waals surface area contributed by atoms with Gasteiger partial charge in [-0.2, -0.15) is 5.10 Å². The number of carbonyl (C=O) groups excluding carboxylic acids is 2. The van der Waals surface area contributed by atoms with Crippen LogP contribution in [0.15, 0.2) is 36.5 Å². The van der Waals surface area contributed by atoms with Crippen LogP contribution in [0.1, 0.15) is 65.1 Å². The van der Waals surface area contributed by atoms with E-state index in [9.17, 15) is 9.59 Å². The molecule has 0 bridgehead atoms. The second-order valence-electron chi connectivity index (χ2n) is 7.37. The zero-order valence-electron chi connectivity index (χ0n) is 16.2. The monoisotopic (exact) mass is 377 g/mol. The molecule has 1 aromatic carbocycles. The zero-order chi connectivity index (χ0) is 19.8. The topological polar surface area (TPSA) is 88.9 Å². The predicted octanol–water partition coefficient (Wildman–Crippen LogP) is 3.50. The summed E-state index contributed by atoms with van der Waals surface area (Å²) in [5.41, 5.74) is 3.08. The number of hydrogen-bond acceptors (Lipinski definition) is 4. The van der Waals surface area contributed by atoms with E-state index >= 15 is 0 Å². The molecule has 7 nitrogen and oxygen atoms in total. The molecule has 4 rings (SSSR count). The number of hydrogen-bond donors (Lipinski definition) is 2. The van der Waals surface area contributed by atoms with Gasteiger partial charge in [0.1, 0.15) is 0 Å². The van der Waals surface area contributed by atoms with Crippen molar-refractivity contribution < 1.29 is 9.59 Å². The van der Waals surface area contributed by atoms with Crippen molar-refractivity contribution in [2.75, 3.05) is 12.4 Å². The third kappa shape index (κ3) is 3.24. The first-order valence-corrected chi connectivity index (χ1v) is 9.50. The Morgan fingerprint density at radius 1 is 1.14 bits per heavy atom. The highest BCUT2D eigenvalue weighted by atomic mass is 16.2. The number of benzene rings is 1. The molecular weight excluding hydrogens is 354 g/mol. The van der Waals surface area contributed by atoms with Crippen LogP contribution in [0.5, 0.6) is 0 Å². The fourth-order valence-corrected chi connectivity index (χ4v) is 3.31. The number of para-hydroxylation sites is 1. The molecule has 2 N–H and O–H groups in total. The van der Waals surface area contributed by atoms with Crippen LogP contribution in [0, 0.1) is 0 Å². The van der Waals surface area contributed by atoms with E-state index in [2.05, 4.69) is 15.7 Å². The van der Waals surface area contributed by atoms with Crippen LogP contribution in [0.4, 0.5) is 5.69 Å². The first-order valence-electron chi connectivity index (χ1n) is 9.50. The molecule has 1 aliphatic carbocycles. The number of fused-ring (bicyclic) bond motifs is 1. The highest BCUT2D eigenvalue weighted by Gasteiger charge is 2.28. The normalized spacial score (nSPS) is 13.7. The zero-order valence-corrected chi connectivity index (χ0v) is 16.2. The summed E-state index contributed by atoms with van der Waals surface area (Å²) < 4.78 is 1.84. The number of aromatic nitrogens is 3. The van der Waals surface area contributed by atoms with Gasteiger partial charge in [0.15, 0.2) is 5.65 Å². The molecular formula is C21H23N5O2. The number of nitrogens with one attached hydrogen (secondary N) is 2. The second-order valence-corrected chi connectivity index (χ2v) is 7.37. The van der Waals surface area contributed by atoms with Gasteiger partial charge in [-0.1, -0.05) is 12.1 Å². The number of amides is 2.